The van der Waals surface area contributed by atoms with Crippen molar-refractivity contribution in [3.63, 3.8) is 0 Å². The molecule has 0 radical (unpaired) electrons. The molecular weight excluding hydrogens is 600 g/mol. The second-order valence-electron chi connectivity index (χ2n) is 16.7. The lowest BCUT2D eigenvalue weighted by Crippen LogP contribution is -2.48. The lowest BCUT2D eigenvalue weighted by Gasteiger charge is -2.32. The molecule has 0 spiro atoms. The van der Waals surface area contributed by atoms with Crippen molar-refractivity contribution in [2.75, 3.05) is 58.9 Å². The Bertz CT molecular complexity index is 980. The first-order chi connectivity index (χ1) is 22.5. The minimum absolute atomic E-state index is 0.125. The Morgan fingerprint density at radius 3 is 1.31 bits per heavy atom. The Hall–Kier alpha value is -2.42. The molecule has 9 nitrogen and oxygen atoms in total. The third-order valence-corrected chi connectivity index (χ3v) is 7.99. The zero-order chi connectivity index (χ0) is 36.4. The van der Waals surface area contributed by atoms with Gasteiger partial charge in [0.25, 0.3) is 5.91 Å². The molecule has 0 unspecified atom stereocenters. The fourth-order valence-electron chi connectivity index (χ4n) is 6.18. The number of hydrogen-bond acceptors (Lipinski definition) is 4. The third kappa shape index (κ3) is 19.5. The van der Waals surface area contributed by atoms with Crippen molar-refractivity contribution >= 4 is 17.7 Å². The Balaban J connectivity index is 2.77. The number of unbranched alkanes of at least 4 members (excludes halogenated alkanes) is 3. The minimum atomic E-state index is 0.125. The minimum Gasteiger partial charge on any atom is -0.341 e. The summed E-state index contributed by atoms with van der Waals surface area (Å²) >= 11 is 0. The lowest BCUT2D eigenvalue weighted by atomic mass is 10.1. The van der Waals surface area contributed by atoms with E-state index >= 15 is 0 Å². The molecule has 1 aromatic heterocycles. The van der Waals surface area contributed by atoms with E-state index in [1.54, 1.807) is 0 Å². The van der Waals surface area contributed by atoms with Crippen LogP contribution in [0.3, 0.4) is 0 Å². The number of hydrogen-bond donors (Lipinski definition) is 0. The van der Waals surface area contributed by atoms with Crippen LogP contribution in [0.1, 0.15) is 109 Å². The van der Waals surface area contributed by atoms with Gasteiger partial charge in [-0.3, -0.25) is 19.3 Å². The van der Waals surface area contributed by atoms with Crippen molar-refractivity contribution in [2.45, 2.75) is 122 Å². The predicted molar refractivity (Wildman–Crippen MR) is 198 cm³/mol. The maximum Gasteiger partial charge on any atom is 0.264 e. The zero-order valence-electron chi connectivity index (χ0n) is 33.2. The summed E-state index contributed by atoms with van der Waals surface area (Å²) in [7, 11) is 0. The standard InChI is InChI=1S/C39H75N6O3/c1-31(2)21-43(22-32(3)4)37(46)27-41(28-38(47)44(23-33(5)6)24-34(7)8)18-16-14-13-15-17-40-19-20-42(30-40)29-39(48)45(25-35(9)10)26-36(11)12/h19-20,30-36H,13-18,21-29H2,1-12H3/q+1. The van der Waals surface area contributed by atoms with Crippen molar-refractivity contribution in [3.05, 3.63) is 18.7 Å². The molecule has 0 aliphatic rings. The maximum absolute atomic E-state index is 13.6. The number of aryl methyl sites for hydroxylation is 1. The number of imidazole rings is 1. The first-order valence-corrected chi connectivity index (χ1v) is 19.1. The Labute approximate surface area is 295 Å². The maximum atomic E-state index is 13.6. The monoisotopic (exact) mass is 676 g/mol. The van der Waals surface area contributed by atoms with Gasteiger partial charge in [0, 0.05) is 39.3 Å². The van der Waals surface area contributed by atoms with Gasteiger partial charge in [-0.15, -0.1) is 0 Å². The van der Waals surface area contributed by atoms with Gasteiger partial charge in [0.15, 0.2) is 6.54 Å². The SMILES string of the molecule is CC(C)CN(CC(C)C)C(=O)CN(CCCCCC[n+]1ccn(CC(=O)N(CC(C)C)CC(C)C)c1)CC(=O)N(CC(C)C)CC(C)C. The molecule has 0 N–H and O–H groups in total. The van der Waals surface area contributed by atoms with Gasteiger partial charge < -0.3 is 14.7 Å². The van der Waals surface area contributed by atoms with E-state index in [1.165, 1.54) is 0 Å². The van der Waals surface area contributed by atoms with Crippen LogP contribution in [-0.2, 0) is 27.5 Å². The summed E-state index contributed by atoms with van der Waals surface area (Å²) < 4.78 is 4.16. The van der Waals surface area contributed by atoms with E-state index in [0.29, 0.717) is 42.1 Å². The quantitative estimate of drug-likeness (QED) is 0.0934. The van der Waals surface area contributed by atoms with Gasteiger partial charge in [0.05, 0.1) is 19.6 Å². The summed E-state index contributed by atoms with van der Waals surface area (Å²) in [5, 5.41) is 0. The van der Waals surface area contributed by atoms with Crippen LogP contribution in [-0.4, -0.2) is 101 Å². The molecule has 0 bridgehead atoms. The van der Waals surface area contributed by atoms with Gasteiger partial charge in [-0.2, -0.15) is 0 Å². The fourth-order valence-corrected chi connectivity index (χ4v) is 6.18. The molecule has 3 amide bonds. The average molecular weight is 676 g/mol. The molecule has 0 saturated heterocycles. The van der Waals surface area contributed by atoms with Crippen molar-refractivity contribution in [1.82, 2.24) is 24.2 Å². The summed E-state index contributed by atoms with van der Waals surface area (Å²) in [6, 6.07) is 0. The van der Waals surface area contributed by atoms with E-state index in [9.17, 15) is 14.4 Å². The highest BCUT2D eigenvalue weighted by molar-refractivity contribution is 5.81. The number of amides is 3. The topological polar surface area (TPSA) is 73.0 Å². The van der Waals surface area contributed by atoms with Gasteiger partial charge in [0.1, 0.15) is 12.4 Å². The van der Waals surface area contributed by atoms with Gasteiger partial charge in [-0.05, 0) is 61.3 Å². The molecule has 1 rings (SSSR count). The van der Waals surface area contributed by atoms with Crippen LogP contribution in [0.25, 0.3) is 0 Å². The second kappa shape index (κ2) is 23.1. The average Bonchev–Trinajstić information content (AvgIpc) is 3.39. The Morgan fingerprint density at radius 2 is 0.917 bits per heavy atom. The van der Waals surface area contributed by atoms with E-state index < -0.39 is 0 Å². The smallest absolute Gasteiger partial charge is 0.264 e. The summed E-state index contributed by atoms with van der Waals surface area (Å²) in [4.78, 5) is 48.2. The molecule has 9 heteroatoms. The largest absolute Gasteiger partial charge is 0.341 e. The number of carbonyl (C=O) groups is 3. The highest BCUT2D eigenvalue weighted by atomic mass is 16.2. The van der Waals surface area contributed by atoms with Gasteiger partial charge >= 0.3 is 0 Å². The highest BCUT2D eigenvalue weighted by Crippen LogP contribution is 2.11. The van der Waals surface area contributed by atoms with E-state index in [1.807, 2.05) is 31.8 Å². The third-order valence-electron chi connectivity index (χ3n) is 7.99. The first-order valence-electron chi connectivity index (χ1n) is 19.1. The number of carbonyl (C=O) groups excluding carboxylic acids is 3. The lowest BCUT2D eigenvalue weighted by molar-refractivity contribution is -0.696. The fraction of sp³-hybridized carbons (Fsp3) is 0.846. The van der Waals surface area contributed by atoms with Gasteiger partial charge in [0.2, 0.25) is 18.1 Å². The van der Waals surface area contributed by atoms with E-state index in [-0.39, 0.29) is 30.8 Å². The first kappa shape index (κ1) is 43.6. The van der Waals surface area contributed by atoms with Crippen molar-refractivity contribution < 1.29 is 19.0 Å². The van der Waals surface area contributed by atoms with Crippen LogP contribution in [0.15, 0.2) is 18.7 Å². The van der Waals surface area contributed by atoms with E-state index in [0.717, 1.165) is 78.0 Å². The van der Waals surface area contributed by atoms with Crippen molar-refractivity contribution in [3.8, 4) is 0 Å². The van der Waals surface area contributed by atoms with Crippen molar-refractivity contribution in [2.24, 2.45) is 35.5 Å². The molecule has 0 saturated carbocycles. The molecule has 0 aliphatic heterocycles. The molecule has 1 aromatic rings. The molecule has 0 aliphatic carbocycles. The number of aromatic nitrogens is 2. The van der Waals surface area contributed by atoms with Crippen LogP contribution in [0, 0.1) is 35.5 Å². The normalized spacial score (nSPS) is 12.1. The zero-order valence-corrected chi connectivity index (χ0v) is 33.2. The Kier molecular flexibility index (Phi) is 21.0. The predicted octanol–water partition coefficient (Wildman–Crippen LogP) is 6.06. The van der Waals surface area contributed by atoms with Gasteiger partial charge in [-0.25, -0.2) is 9.13 Å². The number of nitrogens with zero attached hydrogens (tertiary/aromatic N) is 6. The van der Waals surface area contributed by atoms with Crippen LogP contribution >= 0.6 is 0 Å². The summed E-state index contributed by atoms with van der Waals surface area (Å²) in [5.74, 6) is 2.92. The van der Waals surface area contributed by atoms with Crippen LogP contribution in [0.4, 0.5) is 0 Å². The van der Waals surface area contributed by atoms with Crippen LogP contribution in [0.2, 0.25) is 0 Å². The van der Waals surface area contributed by atoms with Gasteiger partial charge in [-0.1, -0.05) is 89.5 Å². The molecule has 0 aromatic carbocycles. The van der Waals surface area contributed by atoms with Crippen LogP contribution in [0.5, 0.6) is 0 Å². The summed E-state index contributed by atoms with van der Waals surface area (Å²) in [6.07, 6.45) is 10.2. The molecular formula is C39H75N6O3+. The van der Waals surface area contributed by atoms with E-state index in [2.05, 4.69) is 98.7 Å². The molecule has 0 fully saturated rings. The molecule has 0 atom stereocenters. The van der Waals surface area contributed by atoms with Crippen LogP contribution < -0.4 is 4.57 Å². The highest BCUT2D eigenvalue weighted by Gasteiger charge is 2.24. The summed E-state index contributed by atoms with van der Waals surface area (Å²) in [5.41, 5.74) is 0. The molecule has 48 heavy (non-hydrogen) atoms. The van der Waals surface area contributed by atoms with E-state index in [4.69, 9.17) is 0 Å². The number of rotatable bonds is 25. The summed E-state index contributed by atoms with van der Waals surface area (Å²) in [6.45, 7) is 33.0. The van der Waals surface area contributed by atoms with Crippen molar-refractivity contribution in [1.29, 1.82) is 0 Å². The Morgan fingerprint density at radius 1 is 0.542 bits per heavy atom. The second-order valence-corrected chi connectivity index (χ2v) is 16.7. The molecule has 1 heterocycles. The molecule has 278 valence electrons.